The maximum absolute atomic E-state index is 8.74. The number of thioether (sulfide) groups is 1. The molecule has 0 saturated heterocycles. The molecule has 2 nitrogen and oxygen atoms in total. The summed E-state index contributed by atoms with van der Waals surface area (Å²) in [5, 5.41) is 12.6. The van der Waals surface area contributed by atoms with Crippen molar-refractivity contribution >= 4 is 11.8 Å². The molecular weight excluding hydrogens is 192 g/mol. The van der Waals surface area contributed by atoms with E-state index in [1.807, 2.05) is 7.05 Å². The molecule has 0 aromatic rings. The Kier molecular flexibility index (Phi) is 6.05. The molecule has 80 valence electrons. The van der Waals surface area contributed by atoms with Gasteiger partial charge in [0.15, 0.2) is 0 Å². The van der Waals surface area contributed by atoms with Gasteiger partial charge < -0.3 is 5.32 Å². The van der Waals surface area contributed by atoms with Gasteiger partial charge in [0.2, 0.25) is 0 Å². The van der Waals surface area contributed by atoms with Gasteiger partial charge in [0.05, 0.1) is 12.1 Å². The van der Waals surface area contributed by atoms with Crippen LogP contribution in [0.1, 0.15) is 38.5 Å². The van der Waals surface area contributed by atoms with Crippen molar-refractivity contribution < 1.29 is 0 Å². The molecule has 1 fully saturated rings. The van der Waals surface area contributed by atoms with Crippen LogP contribution in [-0.4, -0.2) is 24.1 Å². The van der Waals surface area contributed by atoms with E-state index in [0.717, 1.165) is 17.4 Å². The van der Waals surface area contributed by atoms with Crippen LogP contribution in [0.15, 0.2) is 0 Å². The van der Waals surface area contributed by atoms with Crippen LogP contribution in [0.5, 0.6) is 0 Å². The van der Waals surface area contributed by atoms with Crippen molar-refractivity contribution in [2.45, 2.75) is 49.8 Å². The van der Waals surface area contributed by atoms with Gasteiger partial charge in [0.1, 0.15) is 0 Å². The van der Waals surface area contributed by atoms with Crippen molar-refractivity contribution in [1.29, 1.82) is 5.26 Å². The Morgan fingerprint density at radius 2 is 2.14 bits per heavy atom. The summed E-state index contributed by atoms with van der Waals surface area (Å²) in [4.78, 5) is 0. The highest BCUT2D eigenvalue weighted by Gasteiger charge is 2.14. The summed E-state index contributed by atoms with van der Waals surface area (Å²) in [6, 6.07) is 2.31. The second-order valence-electron chi connectivity index (χ2n) is 3.89. The molecule has 0 spiro atoms. The van der Waals surface area contributed by atoms with E-state index in [2.05, 4.69) is 23.1 Å². The molecule has 1 aliphatic rings. The van der Waals surface area contributed by atoms with Gasteiger partial charge in [-0.1, -0.05) is 19.3 Å². The summed E-state index contributed by atoms with van der Waals surface area (Å²) in [5.74, 6) is 1.13. The number of hydrogen-bond acceptors (Lipinski definition) is 3. The minimum Gasteiger partial charge on any atom is -0.305 e. The molecule has 0 heterocycles. The Balaban J connectivity index is 2.05. The lowest BCUT2D eigenvalue weighted by Crippen LogP contribution is -2.24. The van der Waals surface area contributed by atoms with E-state index in [-0.39, 0.29) is 6.04 Å². The largest absolute Gasteiger partial charge is 0.305 e. The zero-order valence-corrected chi connectivity index (χ0v) is 9.78. The lowest BCUT2D eigenvalue weighted by atomic mass is 10.0. The van der Waals surface area contributed by atoms with Gasteiger partial charge in [-0.15, -0.1) is 0 Å². The van der Waals surface area contributed by atoms with Gasteiger partial charge >= 0.3 is 0 Å². The lowest BCUT2D eigenvalue weighted by molar-refractivity contribution is 0.515. The van der Waals surface area contributed by atoms with Crippen LogP contribution in [0.4, 0.5) is 0 Å². The highest BCUT2D eigenvalue weighted by molar-refractivity contribution is 7.99. The molecule has 1 saturated carbocycles. The van der Waals surface area contributed by atoms with Crippen molar-refractivity contribution in [2.24, 2.45) is 0 Å². The smallest absolute Gasteiger partial charge is 0.0958 e. The first-order valence-electron chi connectivity index (χ1n) is 5.55. The van der Waals surface area contributed by atoms with Gasteiger partial charge in [-0.3, -0.25) is 0 Å². The van der Waals surface area contributed by atoms with E-state index in [1.54, 1.807) is 0 Å². The van der Waals surface area contributed by atoms with E-state index in [4.69, 9.17) is 5.26 Å². The van der Waals surface area contributed by atoms with Crippen LogP contribution in [0.2, 0.25) is 0 Å². The van der Waals surface area contributed by atoms with Crippen LogP contribution in [0.25, 0.3) is 0 Å². The molecule has 0 amide bonds. The van der Waals surface area contributed by atoms with Crippen molar-refractivity contribution in [3.8, 4) is 6.07 Å². The maximum Gasteiger partial charge on any atom is 0.0958 e. The molecule has 0 aromatic carbocycles. The molecule has 0 bridgehead atoms. The van der Waals surface area contributed by atoms with E-state index in [0.29, 0.717) is 0 Å². The predicted octanol–water partition coefficient (Wildman–Crippen LogP) is 2.55. The van der Waals surface area contributed by atoms with Gasteiger partial charge in [0, 0.05) is 5.25 Å². The fourth-order valence-electron chi connectivity index (χ4n) is 1.86. The molecule has 1 atom stereocenters. The minimum atomic E-state index is 0.0473. The first-order chi connectivity index (χ1) is 6.86. The third-order valence-corrected chi connectivity index (χ3v) is 4.23. The van der Waals surface area contributed by atoms with Gasteiger partial charge in [-0.2, -0.15) is 17.0 Å². The first kappa shape index (κ1) is 11.9. The van der Waals surface area contributed by atoms with Crippen molar-refractivity contribution in [2.75, 3.05) is 12.8 Å². The Bertz CT molecular complexity index is 182. The number of rotatable bonds is 5. The van der Waals surface area contributed by atoms with Gasteiger partial charge in [-0.05, 0) is 32.1 Å². The minimum absolute atomic E-state index is 0.0473. The highest BCUT2D eigenvalue weighted by Crippen LogP contribution is 2.28. The van der Waals surface area contributed by atoms with Crippen LogP contribution >= 0.6 is 11.8 Å². The number of hydrogen-bond donors (Lipinski definition) is 1. The topological polar surface area (TPSA) is 35.8 Å². The average Bonchev–Trinajstić information content (AvgIpc) is 2.26. The molecule has 1 aliphatic carbocycles. The van der Waals surface area contributed by atoms with E-state index in [1.165, 1.54) is 32.1 Å². The summed E-state index contributed by atoms with van der Waals surface area (Å²) in [7, 11) is 1.86. The summed E-state index contributed by atoms with van der Waals surface area (Å²) in [6.45, 7) is 0. The SMILES string of the molecule is CNC(C#N)CCSC1CCCCC1. The molecule has 3 heteroatoms. The van der Waals surface area contributed by atoms with E-state index < -0.39 is 0 Å². The third kappa shape index (κ3) is 4.34. The standard InChI is InChI=1S/C11H20N2S/c1-13-10(9-12)7-8-14-11-5-3-2-4-6-11/h10-11,13H,2-8H2,1H3. The maximum atomic E-state index is 8.74. The fraction of sp³-hybridized carbons (Fsp3) is 0.909. The second-order valence-corrected chi connectivity index (χ2v) is 5.30. The van der Waals surface area contributed by atoms with Crippen LogP contribution < -0.4 is 5.32 Å². The summed E-state index contributed by atoms with van der Waals surface area (Å²) >= 11 is 2.07. The molecule has 0 radical (unpaired) electrons. The summed E-state index contributed by atoms with van der Waals surface area (Å²) < 4.78 is 0. The molecule has 1 rings (SSSR count). The Labute approximate surface area is 91.4 Å². The monoisotopic (exact) mass is 212 g/mol. The summed E-state index contributed by atoms with van der Waals surface area (Å²) in [6.07, 6.45) is 8.00. The lowest BCUT2D eigenvalue weighted by Gasteiger charge is -2.21. The fourth-order valence-corrected chi connectivity index (χ4v) is 3.23. The average molecular weight is 212 g/mol. The molecular formula is C11H20N2S. The Morgan fingerprint density at radius 1 is 1.43 bits per heavy atom. The zero-order chi connectivity index (χ0) is 10.2. The summed E-state index contributed by atoms with van der Waals surface area (Å²) in [5.41, 5.74) is 0. The highest BCUT2D eigenvalue weighted by atomic mass is 32.2. The molecule has 0 aliphatic heterocycles. The Hall–Kier alpha value is -0.200. The van der Waals surface area contributed by atoms with E-state index >= 15 is 0 Å². The van der Waals surface area contributed by atoms with Crippen molar-refractivity contribution in [3.63, 3.8) is 0 Å². The van der Waals surface area contributed by atoms with Crippen molar-refractivity contribution in [3.05, 3.63) is 0 Å². The molecule has 1 N–H and O–H groups in total. The molecule has 0 aromatic heterocycles. The van der Waals surface area contributed by atoms with Crippen LogP contribution in [-0.2, 0) is 0 Å². The number of nitrogens with one attached hydrogen (secondary N) is 1. The van der Waals surface area contributed by atoms with Crippen LogP contribution in [0.3, 0.4) is 0 Å². The van der Waals surface area contributed by atoms with Crippen LogP contribution in [0, 0.1) is 11.3 Å². The van der Waals surface area contributed by atoms with Gasteiger partial charge in [-0.25, -0.2) is 0 Å². The third-order valence-electron chi connectivity index (χ3n) is 2.82. The molecule has 1 unspecified atom stereocenters. The number of nitrogens with zero attached hydrogens (tertiary/aromatic N) is 1. The van der Waals surface area contributed by atoms with Crippen molar-refractivity contribution in [1.82, 2.24) is 5.32 Å². The van der Waals surface area contributed by atoms with Gasteiger partial charge in [0.25, 0.3) is 0 Å². The van der Waals surface area contributed by atoms with E-state index in [9.17, 15) is 0 Å². The Morgan fingerprint density at radius 3 is 2.71 bits per heavy atom. The first-order valence-corrected chi connectivity index (χ1v) is 6.60. The zero-order valence-electron chi connectivity index (χ0n) is 8.96. The molecule has 14 heavy (non-hydrogen) atoms. The predicted molar refractivity (Wildman–Crippen MR) is 62.4 cm³/mol. The quantitative estimate of drug-likeness (QED) is 0.761. The normalized spacial score (nSPS) is 20.3. The number of nitriles is 1. The second kappa shape index (κ2) is 7.14.